The van der Waals surface area contributed by atoms with Gasteiger partial charge in [0, 0.05) is 19.0 Å². The van der Waals surface area contributed by atoms with E-state index in [0.717, 1.165) is 18.4 Å². The molecule has 2 heterocycles. The van der Waals surface area contributed by atoms with Crippen LogP contribution in [0.25, 0.3) is 0 Å². The SMILES string of the molecule is CCc1ncc(S(=O)(=O)N(Cc2ccsc2)C2CC2)[nH]1. The molecular weight excluding hydrogens is 294 g/mol. The van der Waals surface area contributed by atoms with Crippen molar-refractivity contribution in [3.05, 3.63) is 34.4 Å². The summed E-state index contributed by atoms with van der Waals surface area (Å²) < 4.78 is 27.1. The van der Waals surface area contributed by atoms with Crippen LogP contribution in [0.5, 0.6) is 0 Å². The van der Waals surface area contributed by atoms with Gasteiger partial charge in [0.2, 0.25) is 0 Å². The molecule has 1 N–H and O–H groups in total. The average molecular weight is 311 g/mol. The fourth-order valence-corrected chi connectivity index (χ4v) is 4.38. The Morgan fingerprint density at radius 3 is 2.85 bits per heavy atom. The van der Waals surface area contributed by atoms with Crippen molar-refractivity contribution in [3.8, 4) is 0 Å². The lowest BCUT2D eigenvalue weighted by Gasteiger charge is -2.20. The second-order valence-electron chi connectivity index (χ2n) is 4.96. The number of hydrogen-bond donors (Lipinski definition) is 1. The molecule has 0 aromatic carbocycles. The monoisotopic (exact) mass is 311 g/mol. The molecule has 0 bridgehead atoms. The first-order valence-corrected chi connectivity index (χ1v) is 9.06. The number of sulfonamides is 1. The van der Waals surface area contributed by atoms with Crippen LogP contribution in [0.15, 0.2) is 28.0 Å². The van der Waals surface area contributed by atoms with Gasteiger partial charge in [0.05, 0.1) is 6.20 Å². The molecular formula is C13H17N3O2S2. The Bertz CT molecular complexity index is 672. The molecule has 1 aliphatic carbocycles. The number of H-pyrrole nitrogens is 1. The van der Waals surface area contributed by atoms with Crippen LogP contribution in [0.2, 0.25) is 0 Å². The summed E-state index contributed by atoms with van der Waals surface area (Å²) in [6, 6.07) is 2.10. The van der Waals surface area contributed by atoms with Crippen molar-refractivity contribution in [2.24, 2.45) is 0 Å². The Balaban J connectivity index is 1.89. The average Bonchev–Trinajstić information content (AvgIpc) is 2.96. The van der Waals surface area contributed by atoms with E-state index in [9.17, 15) is 8.42 Å². The standard InChI is InChI=1S/C13H17N3O2S2/c1-2-12-14-7-13(15-12)20(17,18)16(11-3-4-11)8-10-5-6-19-9-10/h5-7,9,11H,2-4,8H2,1H3,(H,14,15). The highest BCUT2D eigenvalue weighted by Crippen LogP contribution is 2.33. The van der Waals surface area contributed by atoms with Gasteiger partial charge < -0.3 is 4.98 Å². The normalized spacial score (nSPS) is 15.9. The predicted molar refractivity (Wildman–Crippen MR) is 78.0 cm³/mol. The first kappa shape index (κ1) is 13.8. The predicted octanol–water partition coefficient (Wildman–Crippen LogP) is 2.39. The third kappa shape index (κ3) is 2.65. The molecule has 0 unspecified atom stereocenters. The largest absolute Gasteiger partial charge is 0.332 e. The maximum absolute atomic E-state index is 12.7. The molecule has 0 spiro atoms. The summed E-state index contributed by atoms with van der Waals surface area (Å²) in [5, 5.41) is 4.17. The van der Waals surface area contributed by atoms with E-state index in [1.54, 1.807) is 15.6 Å². The Hall–Kier alpha value is -1.18. The molecule has 1 saturated carbocycles. The summed E-state index contributed by atoms with van der Waals surface area (Å²) in [6.45, 7) is 2.39. The number of thiophene rings is 1. The number of aryl methyl sites for hydroxylation is 1. The van der Waals surface area contributed by atoms with Crippen LogP contribution in [-0.4, -0.2) is 28.7 Å². The van der Waals surface area contributed by atoms with E-state index in [1.807, 2.05) is 23.8 Å². The van der Waals surface area contributed by atoms with E-state index >= 15 is 0 Å². The minimum absolute atomic E-state index is 0.133. The molecule has 1 aliphatic rings. The molecule has 0 amide bonds. The van der Waals surface area contributed by atoms with Crippen LogP contribution in [-0.2, 0) is 23.0 Å². The zero-order valence-corrected chi connectivity index (χ0v) is 12.9. The molecule has 0 radical (unpaired) electrons. The van der Waals surface area contributed by atoms with Crippen molar-refractivity contribution in [1.82, 2.24) is 14.3 Å². The highest BCUT2D eigenvalue weighted by atomic mass is 32.2. The molecule has 7 heteroatoms. The van der Waals surface area contributed by atoms with Gasteiger partial charge in [-0.15, -0.1) is 0 Å². The number of aromatic amines is 1. The minimum atomic E-state index is -3.48. The van der Waals surface area contributed by atoms with Crippen molar-refractivity contribution >= 4 is 21.4 Å². The van der Waals surface area contributed by atoms with Gasteiger partial charge in [-0.25, -0.2) is 13.4 Å². The van der Waals surface area contributed by atoms with E-state index in [0.29, 0.717) is 18.8 Å². The van der Waals surface area contributed by atoms with Gasteiger partial charge in [0.15, 0.2) is 5.03 Å². The van der Waals surface area contributed by atoms with Crippen molar-refractivity contribution in [2.75, 3.05) is 0 Å². The van der Waals surface area contributed by atoms with Gasteiger partial charge in [-0.05, 0) is 35.2 Å². The summed E-state index contributed by atoms with van der Waals surface area (Å²) in [6.07, 6.45) is 4.01. The van der Waals surface area contributed by atoms with Crippen molar-refractivity contribution in [1.29, 1.82) is 0 Å². The number of aromatic nitrogens is 2. The fraction of sp³-hybridized carbons (Fsp3) is 0.462. The number of imidazole rings is 1. The van der Waals surface area contributed by atoms with E-state index < -0.39 is 10.0 Å². The van der Waals surface area contributed by atoms with E-state index in [1.165, 1.54) is 6.20 Å². The molecule has 0 saturated heterocycles. The molecule has 1 fully saturated rings. The first-order chi connectivity index (χ1) is 9.61. The highest BCUT2D eigenvalue weighted by molar-refractivity contribution is 7.89. The van der Waals surface area contributed by atoms with Gasteiger partial charge in [-0.1, -0.05) is 6.92 Å². The Morgan fingerprint density at radius 1 is 1.50 bits per heavy atom. The maximum atomic E-state index is 12.7. The number of hydrogen-bond acceptors (Lipinski definition) is 4. The second-order valence-corrected chi connectivity index (χ2v) is 7.60. The van der Waals surface area contributed by atoms with Crippen LogP contribution >= 0.6 is 11.3 Å². The smallest absolute Gasteiger partial charge is 0.260 e. The molecule has 0 aliphatic heterocycles. The molecule has 3 rings (SSSR count). The minimum Gasteiger partial charge on any atom is -0.332 e. The second kappa shape index (κ2) is 5.31. The van der Waals surface area contributed by atoms with Crippen LogP contribution < -0.4 is 0 Å². The Labute approximate surface area is 122 Å². The quantitative estimate of drug-likeness (QED) is 0.891. The lowest BCUT2D eigenvalue weighted by molar-refractivity contribution is 0.397. The molecule has 2 aromatic rings. The molecule has 5 nitrogen and oxygen atoms in total. The molecule has 2 aromatic heterocycles. The van der Waals surface area contributed by atoms with Crippen LogP contribution in [0.3, 0.4) is 0 Å². The topological polar surface area (TPSA) is 66.1 Å². The van der Waals surface area contributed by atoms with Crippen LogP contribution in [0, 0.1) is 0 Å². The number of rotatable bonds is 6. The number of nitrogens with one attached hydrogen (secondary N) is 1. The maximum Gasteiger partial charge on any atom is 0.260 e. The zero-order valence-electron chi connectivity index (χ0n) is 11.2. The summed E-state index contributed by atoms with van der Waals surface area (Å²) in [7, 11) is -3.48. The van der Waals surface area contributed by atoms with E-state index in [4.69, 9.17) is 0 Å². The summed E-state index contributed by atoms with van der Waals surface area (Å²) in [5.74, 6) is 0.704. The van der Waals surface area contributed by atoms with Crippen molar-refractivity contribution in [2.45, 2.75) is 43.8 Å². The van der Waals surface area contributed by atoms with E-state index in [-0.39, 0.29) is 11.1 Å². The van der Waals surface area contributed by atoms with Gasteiger partial charge in [0.1, 0.15) is 5.82 Å². The van der Waals surface area contributed by atoms with Gasteiger partial charge >= 0.3 is 0 Å². The summed E-state index contributed by atoms with van der Waals surface area (Å²) in [5.41, 5.74) is 1.04. The van der Waals surface area contributed by atoms with Crippen LogP contribution in [0.1, 0.15) is 31.2 Å². The Morgan fingerprint density at radius 2 is 2.30 bits per heavy atom. The van der Waals surface area contributed by atoms with Crippen molar-refractivity contribution < 1.29 is 8.42 Å². The lowest BCUT2D eigenvalue weighted by Crippen LogP contribution is -2.32. The molecule has 20 heavy (non-hydrogen) atoms. The third-order valence-electron chi connectivity index (χ3n) is 3.40. The van der Waals surface area contributed by atoms with Gasteiger partial charge in [0.25, 0.3) is 10.0 Å². The number of nitrogens with zero attached hydrogens (tertiary/aromatic N) is 2. The highest BCUT2D eigenvalue weighted by Gasteiger charge is 2.38. The molecule has 108 valence electrons. The zero-order chi connectivity index (χ0) is 14.2. The lowest BCUT2D eigenvalue weighted by atomic mass is 10.3. The third-order valence-corrected chi connectivity index (χ3v) is 5.94. The van der Waals surface area contributed by atoms with Gasteiger partial charge in [-0.3, -0.25) is 0 Å². The van der Waals surface area contributed by atoms with Gasteiger partial charge in [-0.2, -0.15) is 15.6 Å². The first-order valence-electron chi connectivity index (χ1n) is 6.68. The molecule has 0 atom stereocenters. The van der Waals surface area contributed by atoms with E-state index in [2.05, 4.69) is 9.97 Å². The van der Waals surface area contributed by atoms with Crippen molar-refractivity contribution in [3.63, 3.8) is 0 Å². The Kier molecular flexibility index (Phi) is 3.66. The van der Waals surface area contributed by atoms with Crippen LogP contribution in [0.4, 0.5) is 0 Å². The summed E-state index contributed by atoms with van der Waals surface area (Å²) >= 11 is 1.59. The fourth-order valence-electron chi connectivity index (χ4n) is 2.12. The summed E-state index contributed by atoms with van der Waals surface area (Å²) in [4.78, 5) is 7.01.